The summed E-state index contributed by atoms with van der Waals surface area (Å²) in [6, 6.07) is 0. The number of nitrogens with zero attached hydrogens (tertiary/aromatic N) is 4. The molecule has 1 aromatic rings. The van der Waals surface area contributed by atoms with Crippen molar-refractivity contribution >= 4 is 5.96 Å². The van der Waals surface area contributed by atoms with Crippen LogP contribution >= 0.6 is 0 Å². The van der Waals surface area contributed by atoms with Crippen molar-refractivity contribution in [2.45, 2.75) is 58.4 Å². The van der Waals surface area contributed by atoms with Crippen molar-refractivity contribution < 1.29 is 9.84 Å². The Morgan fingerprint density at radius 3 is 2.67 bits per heavy atom. The van der Waals surface area contributed by atoms with E-state index in [4.69, 9.17) is 9.73 Å². The molecule has 8 nitrogen and oxygen atoms in total. The highest BCUT2D eigenvalue weighted by atomic mass is 16.5. The maximum absolute atomic E-state index is 9.53. The molecule has 1 saturated carbocycles. The third kappa shape index (κ3) is 6.77. The van der Waals surface area contributed by atoms with Crippen LogP contribution in [0.1, 0.15) is 56.6 Å². The molecule has 0 aromatic carbocycles. The van der Waals surface area contributed by atoms with E-state index in [9.17, 15) is 5.11 Å². The minimum Gasteiger partial charge on any atom is -0.396 e. The van der Waals surface area contributed by atoms with E-state index in [2.05, 4.69) is 20.8 Å². The average molecular weight is 381 g/mol. The molecule has 0 bridgehead atoms. The molecule has 0 amide bonds. The number of aliphatic hydroxyl groups excluding tert-OH is 1. The number of aromatic nitrogens is 3. The van der Waals surface area contributed by atoms with Gasteiger partial charge in [-0.1, -0.05) is 19.3 Å². The van der Waals surface area contributed by atoms with Gasteiger partial charge >= 0.3 is 0 Å². The maximum atomic E-state index is 9.53. The van der Waals surface area contributed by atoms with Crippen LogP contribution in [0.2, 0.25) is 0 Å². The number of aliphatic hydroxyl groups is 1. The molecule has 0 aliphatic heterocycles. The van der Waals surface area contributed by atoms with E-state index in [0.717, 1.165) is 50.1 Å². The fourth-order valence-corrected chi connectivity index (χ4v) is 3.66. The van der Waals surface area contributed by atoms with Gasteiger partial charge in [0, 0.05) is 40.5 Å². The maximum Gasteiger partial charge on any atom is 0.191 e. The van der Waals surface area contributed by atoms with Crippen molar-refractivity contribution in [3.05, 3.63) is 11.6 Å². The molecule has 1 heterocycles. The van der Waals surface area contributed by atoms with Crippen LogP contribution in [0.5, 0.6) is 0 Å². The van der Waals surface area contributed by atoms with Crippen LogP contribution in [0.15, 0.2) is 4.99 Å². The minimum atomic E-state index is 0.170. The third-order valence-corrected chi connectivity index (χ3v) is 5.57. The summed E-state index contributed by atoms with van der Waals surface area (Å²) in [5.74, 6) is 2.51. The largest absolute Gasteiger partial charge is 0.396 e. The van der Waals surface area contributed by atoms with Gasteiger partial charge in [-0.3, -0.25) is 0 Å². The van der Waals surface area contributed by atoms with E-state index in [-0.39, 0.29) is 12.0 Å². The van der Waals surface area contributed by atoms with Gasteiger partial charge in [-0.2, -0.15) is 0 Å². The lowest BCUT2D eigenvalue weighted by Crippen LogP contribution is -2.45. The Morgan fingerprint density at radius 1 is 1.26 bits per heavy atom. The molecular formula is C19H36N6O2. The Kier molecular flexibility index (Phi) is 9.00. The molecule has 1 aliphatic carbocycles. The molecule has 154 valence electrons. The molecule has 2 rings (SSSR count). The van der Waals surface area contributed by atoms with Crippen LogP contribution in [0, 0.1) is 12.3 Å². The molecule has 8 heteroatoms. The van der Waals surface area contributed by atoms with Crippen LogP contribution in [0.4, 0.5) is 0 Å². The lowest BCUT2D eigenvalue weighted by Gasteiger charge is -2.37. The zero-order valence-corrected chi connectivity index (χ0v) is 17.1. The molecule has 27 heavy (non-hydrogen) atoms. The number of guanidine groups is 1. The minimum absolute atomic E-state index is 0.170. The molecule has 1 aromatic heterocycles. The lowest BCUT2D eigenvalue weighted by atomic mass is 9.72. The van der Waals surface area contributed by atoms with Gasteiger partial charge in [-0.15, -0.1) is 10.2 Å². The van der Waals surface area contributed by atoms with Gasteiger partial charge in [0.25, 0.3) is 0 Å². The van der Waals surface area contributed by atoms with Crippen LogP contribution < -0.4 is 10.6 Å². The molecule has 3 N–H and O–H groups in total. The monoisotopic (exact) mass is 380 g/mol. The van der Waals surface area contributed by atoms with Crippen molar-refractivity contribution in [1.82, 2.24) is 25.4 Å². The second-order valence-corrected chi connectivity index (χ2v) is 7.55. The molecule has 1 fully saturated rings. The number of hydrogen-bond acceptors (Lipinski definition) is 5. The summed E-state index contributed by atoms with van der Waals surface area (Å²) in [5, 5.41) is 24.7. The van der Waals surface area contributed by atoms with E-state index in [0.29, 0.717) is 6.54 Å². The molecule has 1 aliphatic rings. The molecule has 0 unspecified atom stereocenters. The Labute approximate surface area is 162 Å². The number of ether oxygens (including phenoxy) is 1. The second kappa shape index (κ2) is 11.2. The molecule has 0 saturated heterocycles. The summed E-state index contributed by atoms with van der Waals surface area (Å²) in [6.07, 6.45) is 7.89. The first kappa shape index (κ1) is 21.6. The first-order valence-corrected chi connectivity index (χ1v) is 10.1. The average Bonchev–Trinajstić information content (AvgIpc) is 3.00. The summed E-state index contributed by atoms with van der Waals surface area (Å²) in [4.78, 5) is 4.71. The van der Waals surface area contributed by atoms with E-state index in [1.165, 1.54) is 32.1 Å². The fourth-order valence-electron chi connectivity index (χ4n) is 3.66. The van der Waals surface area contributed by atoms with Crippen molar-refractivity contribution in [3.8, 4) is 0 Å². The predicted molar refractivity (Wildman–Crippen MR) is 107 cm³/mol. The highest BCUT2D eigenvalue weighted by Gasteiger charge is 2.31. The summed E-state index contributed by atoms with van der Waals surface area (Å²) >= 11 is 0. The lowest BCUT2D eigenvalue weighted by molar-refractivity contribution is 0.131. The van der Waals surface area contributed by atoms with E-state index < -0.39 is 0 Å². The highest BCUT2D eigenvalue weighted by Crippen LogP contribution is 2.38. The van der Waals surface area contributed by atoms with Crippen LogP contribution in [-0.2, 0) is 18.3 Å². The Morgan fingerprint density at radius 2 is 2.04 bits per heavy atom. The fraction of sp³-hybridized carbons (Fsp3) is 0.842. The topological polar surface area (TPSA) is 96.6 Å². The molecule has 0 spiro atoms. The normalized spacial score (nSPS) is 17.1. The van der Waals surface area contributed by atoms with Gasteiger partial charge in [0.1, 0.15) is 12.4 Å². The zero-order valence-electron chi connectivity index (χ0n) is 17.1. The predicted octanol–water partition coefficient (Wildman–Crippen LogP) is 1.53. The van der Waals surface area contributed by atoms with Crippen molar-refractivity contribution in [1.29, 1.82) is 0 Å². The molecule has 0 atom stereocenters. The number of rotatable bonds is 10. The van der Waals surface area contributed by atoms with Gasteiger partial charge < -0.3 is 25.0 Å². The smallest absolute Gasteiger partial charge is 0.191 e. The summed E-state index contributed by atoms with van der Waals surface area (Å²) in [5.41, 5.74) is 0.170. The van der Waals surface area contributed by atoms with Gasteiger partial charge in [-0.25, -0.2) is 4.99 Å². The SMILES string of the molecule is COCCCNC(=NCc1nnc(C)n1C)NCC1(CCO)CCCCC1. The highest BCUT2D eigenvalue weighted by molar-refractivity contribution is 5.79. The summed E-state index contributed by atoms with van der Waals surface area (Å²) < 4.78 is 7.08. The quantitative estimate of drug-likeness (QED) is 0.324. The van der Waals surface area contributed by atoms with Crippen molar-refractivity contribution in [2.75, 3.05) is 33.4 Å². The molecular weight excluding hydrogens is 344 g/mol. The number of aryl methyl sites for hydroxylation is 1. The Balaban J connectivity index is 1.99. The Hall–Kier alpha value is -1.67. The number of aliphatic imine (C=N–C) groups is 1. The third-order valence-electron chi connectivity index (χ3n) is 5.57. The van der Waals surface area contributed by atoms with Crippen molar-refractivity contribution in [2.24, 2.45) is 17.5 Å². The number of methoxy groups -OCH3 is 1. The molecule has 0 radical (unpaired) electrons. The number of nitrogens with one attached hydrogen (secondary N) is 2. The van der Waals surface area contributed by atoms with Crippen molar-refractivity contribution in [3.63, 3.8) is 0 Å². The first-order valence-electron chi connectivity index (χ1n) is 10.1. The van der Waals surface area contributed by atoms with Gasteiger partial charge in [0.15, 0.2) is 11.8 Å². The van der Waals surface area contributed by atoms with Crippen LogP contribution in [0.25, 0.3) is 0 Å². The van der Waals surface area contributed by atoms with E-state index in [1.54, 1.807) is 7.11 Å². The standard InChI is InChI=1S/C19H36N6O2/c1-16-23-24-17(25(16)2)14-21-18(20-11-7-13-27-3)22-15-19(10-12-26)8-5-4-6-9-19/h26H,4-15H2,1-3H3,(H2,20,21,22). The summed E-state index contributed by atoms with van der Waals surface area (Å²) in [6.45, 7) is 5.00. The van der Waals surface area contributed by atoms with E-state index >= 15 is 0 Å². The zero-order chi connectivity index (χ0) is 19.5. The van der Waals surface area contributed by atoms with Gasteiger partial charge in [0.2, 0.25) is 0 Å². The van der Waals surface area contributed by atoms with Crippen LogP contribution in [0.3, 0.4) is 0 Å². The Bertz CT molecular complexity index is 575. The second-order valence-electron chi connectivity index (χ2n) is 7.55. The first-order chi connectivity index (χ1) is 13.1. The summed E-state index contributed by atoms with van der Waals surface area (Å²) in [7, 11) is 3.67. The number of hydrogen-bond donors (Lipinski definition) is 3. The van der Waals surface area contributed by atoms with Gasteiger partial charge in [0.05, 0.1) is 0 Å². The van der Waals surface area contributed by atoms with Gasteiger partial charge in [-0.05, 0) is 38.0 Å². The van der Waals surface area contributed by atoms with Crippen LogP contribution in [-0.4, -0.2) is 59.2 Å². The van der Waals surface area contributed by atoms with E-state index in [1.807, 2.05) is 18.5 Å².